The van der Waals surface area contributed by atoms with Gasteiger partial charge in [0.2, 0.25) is 0 Å². The molecule has 8 nitrogen and oxygen atoms in total. The molecule has 1 aromatic heterocycles. The van der Waals surface area contributed by atoms with Crippen LogP contribution in [0.15, 0.2) is 72.6 Å². The average molecular weight is 460 g/mol. The van der Waals surface area contributed by atoms with Gasteiger partial charge < -0.3 is 19.5 Å². The number of Topliss-reactive ketones (excluding diaryl/α,β-unsaturated/α-hetero) is 1. The van der Waals surface area contributed by atoms with Gasteiger partial charge in [-0.05, 0) is 48.0 Å². The topological polar surface area (TPSA) is 92.2 Å². The van der Waals surface area contributed by atoms with Gasteiger partial charge in [0.1, 0.15) is 17.3 Å². The summed E-state index contributed by atoms with van der Waals surface area (Å²) in [5, 5.41) is 11.3. The Morgan fingerprint density at radius 2 is 1.76 bits per heavy atom. The third kappa shape index (κ3) is 3.94. The van der Waals surface area contributed by atoms with Crippen molar-refractivity contribution < 1.29 is 24.2 Å². The van der Waals surface area contributed by atoms with E-state index in [-0.39, 0.29) is 16.9 Å². The van der Waals surface area contributed by atoms with Gasteiger partial charge >= 0.3 is 0 Å². The number of amides is 1. The molecule has 0 aliphatic carbocycles. The fraction of sp³-hybridized carbons (Fsp3) is 0.192. The molecule has 2 heterocycles. The number of carbonyl (C=O) groups excluding carboxylic acids is 2. The Labute approximate surface area is 197 Å². The van der Waals surface area contributed by atoms with Crippen LogP contribution in [0.25, 0.3) is 5.76 Å². The lowest BCUT2D eigenvalue weighted by atomic mass is 9.95. The summed E-state index contributed by atoms with van der Waals surface area (Å²) >= 11 is 0. The van der Waals surface area contributed by atoms with Gasteiger partial charge in [-0.25, -0.2) is 0 Å². The molecule has 2 aromatic carbocycles. The summed E-state index contributed by atoms with van der Waals surface area (Å²) < 4.78 is 10.6. The number of nitrogens with zero attached hydrogens (tertiary/aromatic N) is 3. The molecule has 1 amide bonds. The molecular weight excluding hydrogens is 434 g/mol. The minimum absolute atomic E-state index is 0.0434. The predicted octanol–water partition coefficient (Wildman–Crippen LogP) is 3.79. The minimum atomic E-state index is -0.870. The quantitative estimate of drug-likeness (QED) is 0.341. The Morgan fingerprint density at radius 1 is 1.03 bits per heavy atom. The zero-order valence-electron chi connectivity index (χ0n) is 19.4. The zero-order valence-corrected chi connectivity index (χ0v) is 19.4. The molecule has 1 aliphatic heterocycles. The lowest BCUT2D eigenvalue weighted by molar-refractivity contribution is -0.132. The van der Waals surface area contributed by atoms with E-state index in [9.17, 15) is 14.7 Å². The summed E-state index contributed by atoms with van der Waals surface area (Å²) in [5.74, 6) is -1.03. The molecule has 1 N–H and O–H groups in total. The number of aromatic nitrogens is 1. The fourth-order valence-electron chi connectivity index (χ4n) is 4.00. The number of hydrogen-bond acceptors (Lipinski definition) is 7. The molecule has 1 fully saturated rings. The van der Waals surface area contributed by atoms with E-state index in [1.807, 2.05) is 31.1 Å². The van der Waals surface area contributed by atoms with Crippen molar-refractivity contribution in [3.8, 4) is 11.5 Å². The van der Waals surface area contributed by atoms with E-state index in [0.29, 0.717) is 22.7 Å². The number of hydrogen-bond donors (Lipinski definition) is 1. The van der Waals surface area contributed by atoms with Crippen molar-refractivity contribution in [2.75, 3.05) is 38.1 Å². The second-order valence-corrected chi connectivity index (χ2v) is 7.93. The van der Waals surface area contributed by atoms with Gasteiger partial charge in [-0.1, -0.05) is 6.07 Å². The first-order valence-corrected chi connectivity index (χ1v) is 10.6. The van der Waals surface area contributed by atoms with Crippen LogP contribution in [0.5, 0.6) is 11.5 Å². The van der Waals surface area contributed by atoms with Crippen LogP contribution in [0.2, 0.25) is 0 Å². The molecule has 1 unspecified atom stereocenters. The van der Waals surface area contributed by atoms with E-state index in [4.69, 9.17) is 9.47 Å². The van der Waals surface area contributed by atoms with Crippen molar-refractivity contribution in [1.29, 1.82) is 0 Å². The summed E-state index contributed by atoms with van der Waals surface area (Å²) in [5.41, 5.74) is 2.30. The first-order valence-electron chi connectivity index (χ1n) is 10.6. The number of benzene rings is 2. The minimum Gasteiger partial charge on any atom is -0.507 e. The molecule has 8 heteroatoms. The van der Waals surface area contributed by atoms with Crippen LogP contribution >= 0.6 is 0 Å². The van der Waals surface area contributed by atoms with Gasteiger partial charge in [0, 0.05) is 43.9 Å². The molecule has 1 atom stereocenters. The van der Waals surface area contributed by atoms with E-state index in [2.05, 4.69) is 4.98 Å². The summed E-state index contributed by atoms with van der Waals surface area (Å²) in [7, 11) is 6.80. The molecule has 4 rings (SSSR count). The first-order chi connectivity index (χ1) is 16.4. The normalized spacial score (nSPS) is 17.1. The highest BCUT2D eigenvalue weighted by atomic mass is 16.5. The van der Waals surface area contributed by atoms with E-state index < -0.39 is 17.7 Å². The van der Waals surface area contributed by atoms with E-state index >= 15 is 0 Å². The Morgan fingerprint density at radius 3 is 2.35 bits per heavy atom. The van der Waals surface area contributed by atoms with Crippen molar-refractivity contribution in [2.24, 2.45) is 0 Å². The van der Waals surface area contributed by atoms with Gasteiger partial charge in [0.05, 0.1) is 31.4 Å². The maximum atomic E-state index is 13.3. The number of methoxy groups -OCH3 is 2. The molecule has 0 saturated carbocycles. The van der Waals surface area contributed by atoms with Gasteiger partial charge in [-0.15, -0.1) is 0 Å². The van der Waals surface area contributed by atoms with Gasteiger partial charge in [-0.2, -0.15) is 0 Å². The number of aliphatic hydroxyl groups excluding tert-OH is 1. The highest BCUT2D eigenvalue weighted by Gasteiger charge is 2.47. The third-order valence-corrected chi connectivity index (χ3v) is 5.75. The second-order valence-electron chi connectivity index (χ2n) is 7.93. The third-order valence-electron chi connectivity index (χ3n) is 5.75. The number of pyridine rings is 1. The highest BCUT2D eigenvalue weighted by molar-refractivity contribution is 6.51. The van der Waals surface area contributed by atoms with Crippen LogP contribution in [0.3, 0.4) is 0 Å². The Balaban J connectivity index is 1.92. The maximum Gasteiger partial charge on any atom is 0.300 e. The molecule has 174 valence electrons. The number of carbonyl (C=O) groups is 2. The van der Waals surface area contributed by atoms with E-state index in [1.165, 1.54) is 19.1 Å². The van der Waals surface area contributed by atoms with Crippen LogP contribution in [-0.2, 0) is 9.59 Å². The zero-order chi connectivity index (χ0) is 24.4. The van der Waals surface area contributed by atoms with Gasteiger partial charge in [-0.3, -0.25) is 19.5 Å². The Bertz CT molecular complexity index is 1250. The van der Waals surface area contributed by atoms with Crippen LogP contribution in [0, 0.1) is 0 Å². The lowest BCUT2D eigenvalue weighted by Crippen LogP contribution is -2.29. The number of anilines is 2. The number of ketones is 1. The van der Waals surface area contributed by atoms with Crippen molar-refractivity contribution >= 4 is 28.8 Å². The Kier molecular flexibility index (Phi) is 6.23. The van der Waals surface area contributed by atoms with Crippen molar-refractivity contribution in [2.45, 2.75) is 6.04 Å². The SMILES string of the molecule is COc1ccc(/C(O)=C2/C(=O)C(=O)N(c3ccc(N(C)C)cc3)C2c2cccnc2)c(OC)c1. The summed E-state index contributed by atoms with van der Waals surface area (Å²) in [6.45, 7) is 0. The highest BCUT2D eigenvalue weighted by Crippen LogP contribution is 2.43. The average Bonchev–Trinajstić information content (AvgIpc) is 3.14. The summed E-state index contributed by atoms with van der Waals surface area (Å²) in [6.07, 6.45) is 3.18. The predicted molar refractivity (Wildman–Crippen MR) is 129 cm³/mol. The molecule has 0 bridgehead atoms. The number of rotatable bonds is 6. The van der Waals surface area contributed by atoms with E-state index in [0.717, 1.165) is 5.69 Å². The molecule has 34 heavy (non-hydrogen) atoms. The molecule has 0 spiro atoms. The van der Waals surface area contributed by atoms with Crippen LogP contribution in [0.4, 0.5) is 11.4 Å². The van der Waals surface area contributed by atoms with Crippen LogP contribution in [0.1, 0.15) is 17.2 Å². The summed E-state index contributed by atoms with van der Waals surface area (Å²) in [6, 6.07) is 14.7. The molecule has 3 aromatic rings. The number of aliphatic hydroxyl groups is 1. The second kappa shape index (κ2) is 9.27. The van der Waals surface area contributed by atoms with Crippen molar-refractivity contribution in [1.82, 2.24) is 4.98 Å². The van der Waals surface area contributed by atoms with Gasteiger partial charge in [0.25, 0.3) is 11.7 Å². The smallest absolute Gasteiger partial charge is 0.300 e. The molecular formula is C26H25N3O5. The molecule has 1 aliphatic rings. The first kappa shape index (κ1) is 22.8. The molecule has 0 radical (unpaired) electrons. The Hall–Kier alpha value is -4.33. The van der Waals surface area contributed by atoms with Crippen molar-refractivity contribution in [3.63, 3.8) is 0 Å². The lowest BCUT2D eigenvalue weighted by Gasteiger charge is -2.26. The summed E-state index contributed by atoms with van der Waals surface area (Å²) in [4.78, 5) is 34.0. The maximum absolute atomic E-state index is 13.3. The monoisotopic (exact) mass is 459 g/mol. The fourth-order valence-corrected chi connectivity index (χ4v) is 4.00. The van der Waals surface area contributed by atoms with Crippen LogP contribution in [-0.4, -0.2) is 50.1 Å². The number of ether oxygens (including phenoxy) is 2. The largest absolute Gasteiger partial charge is 0.507 e. The van der Waals surface area contributed by atoms with Gasteiger partial charge in [0.15, 0.2) is 0 Å². The van der Waals surface area contributed by atoms with Crippen molar-refractivity contribution in [3.05, 3.63) is 83.7 Å². The standard InChI is InChI=1S/C26H25N3O5/c1-28(2)17-7-9-18(10-8-17)29-23(16-6-5-13-27-15-16)22(25(31)26(29)32)24(30)20-12-11-19(33-3)14-21(20)34-4/h5-15,23,30H,1-4H3/b24-22-. The van der Waals surface area contributed by atoms with E-state index in [1.54, 1.807) is 54.9 Å². The van der Waals surface area contributed by atoms with Crippen LogP contribution < -0.4 is 19.3 Å². The molecule has 1 saturated heterocycles.